The zero-order valence-electron chi connectivity index (χ0n) is 15.6. The highest BCUT2D eigenvalue weighted by Crippen LogP contribution is 2.41. The highest BCUT2D eigenvalue weighted by atomic mass is 35.5. The molecule has 2 aromatic carbocycles. The molecule has 0 spiro atoms. The standard InChI is InChI=1S/C21H16ClN3O4/c1-26-18-10-19(27-2)25-21(24-18)29-16-5-3-4-15(13-6-8-14(22)9-7-13)20(16)17-11-23-12-28-17/h3-12H,1-2H3. The molecule has 0 aliphatic carbocycles. The Hall–Kier alpha value is -3.58. The monoisotopic (exact) mass is 409 g/mol. The Kier molecular flexibility index (Phi) is 5.31. The molecule has 0 aliphatic heterocycles. The van der Waals surface area contributed by atoms with Gasteiger partial charge < -0.3 is 18.6 Å². The Labute approximate surface area is 171 Å². The van der Waals surface area contributed by atoms with E-state index < -0.39 is 0 Å². The molecule has 7 nitrogen and oxygen atoms in total. The molecule has 8 heteroatoms. The zero-order valence-corrected chi connectivity index (χ0v) is 16.4. The third kappa shape index (κ3) is 4.00. The number of rotatable bonds is 6. The summed E-state index contributed by atoms with van der Waals surface area (Å²) in [4.78, 5) is 12.5. The first-order valence-corrected chi connectivity index (χ1v) is 8.98. The fourth-order valence-corrected chi connectivity index (χ4v) is 2.94. The molecule has 0 aliphatic rings. The number of hydrogen-bond donors (Lipinski definition) is 0. The van der Waals surface area contributed by atoms with E-state index in [1.54, 1.807) is 18.3 Å². The van der Waals surface area contributed by atoms with Crippen molar-refractivity contribution < 1.29 is 18.6 Å². The minimum Gasteiger partial charge on any atom is -0.481 e. The zero-order chi connectivity index (χ0) is 20.2. The van der Waals surface area contributed by atoms with E-state index in [0.29, 0.717) is 33.9 Å². The van der Waals surface area contributed by atoms with Gasteiger partial charge in [0.1, 0.15) is 5.75 Å². The molecule has 0 fully saturated rings. The molecule has 0 saturated heterocycles. The highest BCUT2D eigenvalue weighted by Gasteiger charge is 2.18. The molecule has 0 atom stereocenters. The minimum absolute atomic E-state index is 0.0789. The molecule has 0 unspecified atom stereocenters. The molecule has 0 amide bonds. The van der Waals surface area contributed by atoms with Crippen molar-refractivity contribution in [2.24, 2.45) is 0 Å². The van der Waals surface area contributed by atoms with Crippen molar-refractivity contribution in [2.75, 3.05) is 14.2 Å². The van der Waals surface area contributed by atoms with Crippen LogP contribution in [0.5, 0.6) is 23.5 Å². The molecule has 4 rings (SSSR count). The fraction of sp³-hybridized carbons (Fsp3) is 0.0952. The molecule has 29 heavy (non-hydrogen) atoms. The van der Waals surface area contributed by atoms with Gasteiger partial charge in [-0.25, -0.2) is 4.98 Å². The fourth-order valence-electron chi connectivity index (χ4n) is 2.82. The van der Waals surface area contributed by atoms with Gasteiger partial charge in [-0.15, -0.1) is 0 Å². The molecule has 146 valence electrons. The van der Waals surface area contributed by atoms with E-state index in [4.69, 9.17) is 30.2 Å². The smallest absolute Gasteiger partial charge is 0.328 e. The number of hydrogen-bond acceptors (Lipinski definition) is 7. The number of oxazole rings is 1. The summed E-state index contributed by atoms with van der Waals surface area (Å²) >= 11 is 6.04. The van der Waals surface area contributed by atoms with Gasteiger partial charge in [0.25, 0.3) is 0 Å². The van der Waals surface area contributed by atoms with E-state index in [-0.39, 0.29) is 6.01 Å². The van der Waals surface area contributed by atoms with Crippen molar-refractivity contribution in [1.29, 1.82) is 0 Å². The molecule has 4 aromatic rings. The number of aromatic nitrogens is 3. The summed E-state index contributed by atoms with van der Waals surface area (Å²) in [5.74, 6) is 1.67. The van der Waals surface area contributed by atoms with Crippen LogP contribution in [0.1, 0.15) is 0 Å². The van der Waals surface area contributed by atoms with E-state index in [9.17, 15) is 0 Å². The number of benzene rings is 2. The Morgan fingerprint density at radius 1 is 0.931 bits per heavy atom. The van der Waals surface area contributed by atoms with E-state index >= 15 is 0 Å². The molecule has 2 heterocycles. The summed E-state index contributed by atoms with van der Waals surface area (Å²) in [6.07, 6.45) is 2.98. The Morgan fingerprint density at radius 3 is 2.28 bits per heavy atom. The predicted molar refractivity (Wildman–Crippen MR) is 108 cm³/mol. The third-order valence-corrected chi connectivity index (χ3v) is 4.39. The van der Waals surface area contributed by atoms with Crippen molar-refractivity contribution in [2.45, 2.75) is 0 Å². The Bertz CT molecular complexity index is 1090. The van der Waals surface area contributed by atoms with Gasteiger partial charge in [0.15, 0.2) is 12.2 Å². The van der Waals surface area contributed by atoms with Crippen LogP contribution in [0.25, 0.3) is 22.5 Å². The lowest BCUT2D eigenvalue weighted by molar-refractivity contribution is 0.348. The van der Waals surface area contributed by atoms with Gasteiger partial charge in [0, 0.05) is 5.02 Å². The maximum Gasteiger partial charge on any atom is 0.328 e. The molecule has 0 N–H and O–H groups in total. The molecular weight excluding hydrogens is 394 g/mol. The summed E-state index contributed by atoms with van der Waals surface area (Å²) in [5, 5.41) is 0.652. The first kappa shape index (κ1) is 18.8. The lowest BCUT2D eigenvalue weighted by atomic mass is 9.97. The highest BCUT2D eigenvalue weighted by molar-refractivity contribution is 6.30. The van der Waals surface area contributed by atoms with Gasteiger partial charge >= 0.3 is 6.01 Å². The van der Waals surface area contributed by atoms with Gasteiger partial charge in [-0.3, -0.25) is 0 Å². The van der Waals surface area contributed by atoms with Crippen LogP contribution in [-0.4, -0.2) is 29.2 Å². The molecule has 0 bridgehead atoms. The van der Waals surface area contributed by atoms with Crippen LogP contribution in [0, 0.1) is 0 Å². The Balaban J connectivity index is 1.84. The number of nitrogens with zero attached hydrogens (tertiary/aromatic N) is 3. The van der Waals surface area contributed by atoms with Crippen LogP contribution in [0.15, 0.2) is 65.5 Å². The second-order valence-corrected chi connectivity index (χ2v) is 6.33. The van der Waals surface area contributed by atoms with Gasteiger partial charge in [0.05, 0.1) is 32.0 Å². The van der Waals surface area contributed by atoms with Crippen LogP contribution < -0.4 is 14.2 Å². The summed E-state index contributed by atoms with van der Waals surface area (Å²) in [5.41, 5.74) is 2.53. The van der Waals surface area contributed by atoms with Crippen LogP contribution >= 0.6 is 11.6 Å². The Morgan fingerprint density at radius 2 is 1.66 bits per heavy atom. The normalized spacial score (nSPS) is 10.6. The first-order valence-electron chi connectivity index (χ1n) is 8.60. The second-order valence-electron chi connectivity index (χ2n) is 5.89. The third-order valence-electron chi connectivity index (χ3n) is 4.14. The van der Waals surface area contributed by atoms with Gasteiger partial charge in [-0.1, -0.05) is 35.9 Å². The SMILES string of the molecule is COc1cc(OC)nc(Oc2cccc(-c3ccc(Cl)cc3)c2-c2cnco2)n1. The molecule has 0 saturated carbocycles. The van der Waals surface area contributed by atoms with Crippen molar-refractivity contribution >= 4 is 11.6 Å². The predicted octanol–water partition coefficient (Wildman–Crippen LogP) is 5.26. The molecule has 2 aromatic heterocycles. The number of methoxy groups -OCH3 is 2. The van der Waals surface area contributed by atoms with E-state index in [0.717, 1.165) is 11.1 Å². The summed E-state index contributed by atoms with van der Waals surface area (Å²) in [7, 11) is 3.01. The van der Waals surface area contributed by atoms with Crippen molar-refractivity contribution in [3.63, 3.8) is 0 Å². The minimum atomic E-state index is 0.0789. The van der Waals surface area contributed by atoms with E-state index in [1.807, 2.05) is 36.4 Å². The molecule has 0 radical (unpaired) electrons. The van der Waals surface area contributed by atoms with Gasteiger partial charge in [-0.05, 0) is 29.3 Å². The van der Waals surface area contributed by atoms with Crippen LogP contribution in [0.4, 0.5) is 0 Å². The summed E-state index contributed by atoms with van der Waals surface area (Å²) in [6, 6.07) is 14.8. The topological polar surface area (TPSA) is 79.5 Å². The summed E-state index contributed by atoms with van der Waals surface area (Å²) < 4.78 is 22.0. The maximum atomic E-state index is 6.04. The van der Waals surface area contributed by atoms with Crippen LogP contribution in [0.3, 0.4) is 0 Å². The van der Waals surface area contributed by atoms with Gasteiger partial charge in [0.2, 0.25) is 11.8 Å². The maximum absolute atomic E-state index is 6.04. The largest absolute Gasteiger partial charge is 0.481 e. The second kappa shape index (κ2) is 8.20. The quantitative estimate of drug-likeness (QED) is 0.429. The molecular formula is C21H16ClN3O4. The van der Waals surface area contributed by atoms with Gasteiger partial charge in [-0.2, -0.15) is 9.97 Å². The average molecular weight is 410 g/mol. The van der Waals surface area contributed by atoms with Crippen LogP contribution in [-0.2, 0) is 0 Å². The van der Waals surface area contributed by atoms with Crippen LogP contribution in [0.2, 0.25) is 5.02 Å². The van der Waals surface area contributed by atoms with E-state index in [1.165, 1.54) is 20.6 Å². The van der Waals surface area contributed by atoms with Crippen molar-refractivity contribution in [3.05, 3.63) is 66.1 Å². The summed E-state index contributed by atoms with van der Waals surface area (Å²) in [6.45, 7) is 0. The van der Waals surface area contributed by atoms with Crippen molar-refractivity contribution in [1.82, 2.24) is 15.0 Å². The van der Waals surface area contributed by atoms with E-state index in [2.05, 4.69) is 15.0 Å². The lowest BCUT2D eigenvalue weighted by Crippen LogP contribution is -1.99. The first-order chi connectivity index (χ1) is 14.2. The number of halogens is 1. The lowest BCUT2D eigenvalue weighted by Gasteiger charge is -2.14. The average Bonchev–Trinajstić information content (AvgIpc) is 3.28. The van der Waals surface area contributed by atoms with Crippen molar-refractivity contribution in [3.8, 4) is 46.0 Å². The number of ether oxygens (including phenoxy) is 3.